The number of hydrogen-bond acceptors (Lipinski definition) is 3. The fraction of sp³-hybridized carbons (Fsp3) is 0.333. The minimum absolute atomic E-state index is 0.132. The van der Waals surface area contributed by atoms with E-state index in [0.717, 1.165) is 25.0 Å². The number of nitrogens with zero attached hydrogens (tertiary/aromatic N) is 1. The summed E-state index contributed by atoms with van der Waals surface area (Å²) in [5.41, 5.74) is 2.07. The lowest BCUT2D eigenvalue weighted by Gasteiger charge is -2.09. The number of carbonyl (C=O) groups is 1. The molecule has 2 N–H and O–H groups in total. The maximum Gasteiger partial charge on any atom is 0.269 e. The Morgan fingerprint density at radius 2 is 2.24 bits per heavy atom. The first-order valence-electron chi connectivity index (χ1n) is 6.93. The summed E-state index contributed by atoms with van der Waals surface area (Å²) in [6.07, 6.45) is 2.19. The highest BCUT2D eigenvalue weighted by atomic mass is 35.5. The molecule has 1 amide bonds. The van der Waals surface area contributed by atoms with Crippen LogP contribution in [-0.2, 0) is 4.74 Å². The second-order valence-corrected chi connectivity index (χ2v) is 5.46. The van der Waals surface area contributed by atoms with E-state index in [1.54, 1.807) is 18.2 Å². The van der Waals surface area contributed by atoms with Gasteiger partial charge in [-0.1, -0.05) is 23.7 Å². The van der Waals surface area contributed by atoms with E-state index in [2.05, 4.69) is 15.5 Å². The van der Waals surface area contributed by atoms with Gasteiger partial charge in [-0.05, 0) is 31.0 Å². The molecule has 1 aliphatic rings. The van der Waals surface area contributed by atoms with Crippen LogP contribution in [0.4, 0.5) is 0 Å². The molecule has 2 heterocycles. The Morgan fingerprint density at radius 3 is 2.95 bits per heavy atom. The minimum atomic E-state index is -0.168. The van der Waals surface area contributed by atoms with Crippen molar-refractivity contribution in [3.8, 4) is 11.3 Å². The predicted octanol–water partition coefficient (Wildman–Crippen LogP) is 2.64. The molecule has 0 aliphatic carbocycles. The van der Waals surface area contributed by atoms with Gasteiger partial charge in [0.05, 0.1) is 11.8 Å². The highest BCUT2D eigenvalue weighted by Gasteiger charge is 2.17. The maximum atomic E-state index is 12.0. The Hall–Kier alpha value is -1.85. The number of benzene rings is 1. The van der Waals surface area contributed by atoms with Crippen molar-refractivity contribution in [2.24, 2.45) is 0 Å². The third-order valence-electron chi connectivity index (χ3n) is 3.48. The SMILES string of the molecule is O=C(NCC1CCCO1)c1cc(-c2ccc(Cl)cc2)n[nH]1. The number of aromatic nitrogens is 2. The summed E-state index contributed by atoms with van der Waals surface area (Å²) in [4.78, 5) is 12.0. The summed E-state index contributed by atoms with van der Waals surface area (Å²) in [7, 11) is 0. The number of hydrogen-bond donors (Lipinski definition) is 2. The molecule has 0 bridgehead atoms. The number of aromatic amines is 1. The number of halogens is 1. The molecule has 5 nitrogen and oxygen atoms in total. The van der Waals surface area contributed by atoms with Crippen LogP contribution in [0.15, 0.2) is 30.3 Å². The monoisotopic (exact) mass is 305 g/mol. The average Bonchev–Trinajstić information content (AvgIpc) is 3.17. The molecule has 1 aromatic heterocycles. The first-order valence-corrected chi connectivity index (χ1v) is 7.31. The Balaban J connectivity index is 1.63. The van der Waals surface area contributed by atoms with Crippen LogP contribution in [0.2, 0.25) is 5.02 Å². The van der Waals surface area contributed by atoms with Crippen molar-refractivity contribution in [2.45, 2.75) is 18.9 Å². The van der Waals surface area contributed by atoms with E-state index < -0.39 is 0 Å². The molecule has 1 saturated heterocycles. The van der Waals surface area contributed by atoms with Crippen LogP contribution in [0.5, 0.6) is 0 Å². The van der Waals surface area contributed by atoms with Crippen LogP contribution in [0.3, 0.4) is 0 Å². The van der Waals surface area contributed by atoms with Crippen molar-refractivity contribution in [1.82, 2.24) is 15.5 Å². The first-order chi connectivity index (χ1) is 10.2. The van der Waals surface area contributed by atoms with E-state index in [-0.39, 0.29) is 12.0 Å². The third-order valence-corrected chi connectivity index (χ3v) is 3.73. The van der Waals surface area contributed by atoms with Gasteiger partial charge >= 0.3 is 0 Å². The fourth-order valence-electron chi connectivity index (χ4n) is 2.31. The van der Waals surface area contributed by atoms with E-state index in [0.29, 0.717) is 23.0 Å². The van der Waals surface area contributed by atoms with Crippen molar-refractivity contribution >= 4 is 17.5 Å². The van der Waals surface area contributed by atoms with E-state index >= 15 is 0 Å². The largest absolute Gasteiger partial charge is 0.376 e. The van der Waals surface area contributed by atoms with Crippen LogP contribution in [0, 0.1) is 0 Å². The van der Waals surface area contributed by atoms with E-state index in [9.17, 15) is 4.79 Å². The molecule has 1 aliphatic heterocycles. The van der Waals surface area contributed by atoms with Gasteiger partial charge in [-0.15, -0.1) is 0 Å². The van der Waals surface area contributed by atoms with Crippen molar-refractivity contribution < 1.29 is 9.53 Å². The lowest BCUT2D eigenvalue weighted by Crippen LogP contribution is -2.31. The van der Waals surface area contributed by atoms with Gasteiger partial charge in [-0.25, -0.2) is 0 Å². The Bertz CT molecular complexity index is 618. The summed E-state index contributed by atoms with van der Waals surface area (Å²) < 4.78 is 5.47. The normalized spacial score (nSPS) is 17.9. The number of nitrogens with one attached hydrogen (secondary N) is 2. The summed E-state index contributed by atoms with van der Waals surface area (Å²) >= 11 is 5.85. The summed E-state index contributed by atoms with van der Waals surface area (Å²) in [5, 5.41) is 10.4. The van der Waals surface area contributed by atoms with Crippen LogP contribution in [-0.4, -0.2) is 35.4 Å². The average molecular weight is 306 g/mol. The number of ether oxygens (including phenoxy) is 1. The molecule has 110 valence electrons. The van der Waals surface area contributed by atoms with E-state index in [1.165, 1.54) is 0 Å². The van der Waals surface area contributed by atoms with Crippen LogP contribution in [0.25, 0.3) is 11.3 Å². The molecule has 3 rings (SSSR count). The van der Waals surface area contributed by atoms with Gasteiger partial charge in [-0.3, -0.25) is 9.89 Å². The number of H-pyrrole nitrogens is 1. The zero-order chi connectivity index (χ0) is 14.7. The smallest absolute Gasteiger partial charge is 0.269 e. The summed E-state index contributed by atoms with van der Waals surface area (Å²) in [6.45, 7) is 1.32. The molecule has 21 heavy (non-hydrogen) atoms. The molecule has 0 radical (unpaired) electrons. The van der Waals surface area contributed by atoms with Gasteiger partial charge in [0.1, 0.15) is 5.69 Å². The minimum Gasteiger partial charge on any atom is -0.376 e. The van der Waals surface area contributed by atoms with Crippen molar-refractivity contribution in [3.63, 3.8) is 0 Å². The number of amides is 1. The van der Waals surface area contributed by atoms with Crippen LogP contribution in [0.1, 0.15) is 23.3 Å². The van der Waals surface area contributed by atoms with Gasteiger partial charge in [0.2, 0.25) is 0 Å². The van der Waals surface area contributed by atoms with Crippen molar-refractivity contribution in [2.75, 3.05) is 13.2 Å². The summed E-state index contributed by atoms with van der Waals surface area (Å²) in [6, 6.07) is 9.05. The van der Waals surface area contributed by atoms with Gasteiger partial charge in [0, 0.05) is 23.7 Å². The zero-order valence-electron chi connectivity index (χ0n) is 11.4. The molecule has 1 atom stereocenters. The Labute approximate surface area is 127 Å². The first kappa shape index (κ1) is 14.1. The fourth-order valence-corrected chi connectivity index (χ4v) is 2.44. The van der Waals surface area contributed by atoms with Crippen molar-refractivity contribution in [3.05, 3.63) is 41.0 Å². The van der Waals surface area contributed by atoms with Gasteiger partial charge < -0.3 is 10.1 Å². The topological polar surface area (TPSA) is 67.0 Å². The quantitative estimate of drug-likeness (QED) is 0.912. The molecule has 1 fully saturated rings. The molecular weight excluding hydrogens is 290 g/mol. The van der Waals surface area contributed by atoms with Gasteiger partial charge in [0.25, 0.3) is 5.91 Å². The second kappa shape index (κ2) is 6.28. The van der Waals surface area contributed by atoms with E-state index in [1.807, 2.05) is 12.1 Å². The van der Waals surface area contributed by atoms with Crippen LogP contribution < -0.4 is 5.32 Å². The van der Waals surface area contributed by atoms with Gasteiger partial charge in [0.15, 0.2) is 0 Å². The highest BCUT2D eigenvalue weighted by Crippen LogP contribution is 2.20. The van der Waals surface area contributed by atoms with Crippen LogP contribution >= 0.6 is 11.6 Å². The van der Waals surface area contributed by atoms with E-state index in [4.69, 9.17) is 16.3 Å². The standard InChI is InChI=1S/C15H16ClN3O2/c16-11-5-3-10(4-6-11)13-8-14(19-18-13)15(20)17-9-12-2-1-7-21-12/h3-6,8,12H,1-2,7,9H2,(H,17,20)(H,18,19). The Morgan fingerprint density at radius 1 is 1.43 bits per heavy atom. The second-order valence-electron chi connectivity index (χ2n) is 5.02. The maximum absolute atomic E-state index is 12.0. The summed E-state index contributed by atoms with van der Waals surface area (Å²) in [5.74, 6) is -0.168. The molecule has 6 heteroatoms. The molecule has 0 spiro atoms. The van der Waals surface area contributed by atoms with Gasteiger partial charge in [-0.2, -0.15) is 5.10 Å². The molecular formula is C15H16ClN3O2. The Kier molecular flexibility index (Phi) is 4.22. The zero-order valence-corrected chi connectivity index (χ0v) is 12.2. The molecule has 0 saturated carbocycles. The lowest BCUT2D eigenvalue weighted by atomic mass is 10.1. The lowest BCUT2D eigenvalue weighted by molar-refractivity contribution is 0.0853. The third kappa shape index (κ3) is 3.43. The molecule has 2 aromatic rings. The highest BCUT2D eigenvalue weighted by molar-refractivity contribution is 6.30. The molecule has 1 aromatic carbocycles. The number of carbonyl (C=O) groups excluding carboxylic acids is 1. The predicted molar refractivity (Wildman–Crippen MR) is 80.3 cm³/mol. The van der Waals surface area contributed by atoms with Crippen molar-refractivity contribution in [1.29, 1.82) is 0 Å². The number of rotatable bonds is 4. The molecule has 1 unspecified atom stereocenters.